The molecule has 4 nitrogen and oxygen atoms in total. The predicted octanol–water partition coefficient (Wildman–Crippen LogP) is 24.3. The summed E-state index contributed by atoms with van der Waals surface area (Å²) < 4.78 is 9.57. The molecule has 4 heterocycles. The summed E-state index contributed by atoms with van der Waals surface area (Å²) in [6.45, 7) is 0. The van der Waals surface area contributed by atoms with Crippen LogP contribution in [-0.4, -0.2) is 18.3 Å². The maximum atomic E-state index is 2.41. The summed E-state index contributed by atoms with van der Waals surface area (Å²) in [7, 11) is 2.19. The molecule has 0 saturated carbocycles. The molecule has 95 heavy (non-hydrogen) atoms. The van der Waals surface area contributed by atoms with Crippen molar-refractivity contribution >= 4 is 87.2 Å². The topological polar surface area (TPSA) is 19.7 Å². The van der Waals surface area contributed by atoms with Gasteiger partial charge in [0.1, 0.15) is 0 Å². The molecule has 15 aromatic carbocycles. The van der Waals surface area contributed by atoms with E-state index in [0.717, 1.165) is 17.1 Å². The first-order valence-electron chi connectivity index (χ1n) is 32.8. The van der Waals surface area contributed by atoms with Gasteiger partial charge >= 0.3 is 0 Å². The van der Waals surface area contributed by atoms with Crippen LogP contribution in [0.25, 0.3) is 193 Å². The first kappa shape index (κ1) is 53.2. The summed E-state index contributed by atoms with van der Waals surface area (Å²) in [5.41, 5.74) is 31.9. The molecule has 26 rings (SSSR count). The van der Waals surface area contributed by atoms with Crippen LogP contribution in [0, 0.1) is 0 Å². The minimum absolute atomic E-state index is 1.14. The van der Waals surface area contributed by atoms with E-state index in [1.54, 1.807) is 0 Å². The van der Waals surface area contributed by atoms with E-state index in [-0.39, 0.29) is 0 Å². The minimum Gasteiger partial charge on any atom is -0.344 e. The van der Waals surface area contributed by atoms with Gasteiger partial charge in [0, 0.05) is 78.2 Å². The van der Waals surface area contributed by atoms with E-state index in [1.807, 2.05) is 0 Å². The van der Waals surface area contributed by atoms with Gasteiger partial charge in [0.05, 0.1) is 33.1 Å². The number of para-hydroxylation sites is 3. The Kier molecular flexibility index (Phi) is 11.6. The molecule has 0 fully saturated rings. The molecule has 4 heteroatoms. The largest absolute Gasteiger partial charge is 0.344 e. The summed E-state index contributed by atoms with van der Waals surface area (Å²) in [6.07, 6.45) is 0. The summed E-state index contributed by atoms with van der Waals surface area (Å²) in [6, 6.07) is 125. The van der Waals surface area contributed by atoms with Crippen LogP contribution in [0.5, 0.6) is 0 Å². The molecule has 7 aliphatic rings. The van der Waals surface area contributed by atoms with Gasteiger partial charge in [-0.15, -0.1) is 0 Å². The first-order valence-corrected chi connectivity index (χ1v) is 32.8. The smallest absolute Gasteiger partial charge is 0.0541 e. The lowest BCUT2D eigenvalue weighted by molar-refractivity contribution is 1.01. The molecule has 0 unspecified atom stereocenters. The van der Waals surface area contributed by atoms with Crippen LogP contribution in [0.4, 0.5) is 0 Å². The molecular formula is C91H58N4. The number of aromatic nitrogens is 4. The summed E-state index contributed by atoms with van der Waals surface area (Å²) in [5, 5.41) is 9.83. The Hall–Kier alpha value is -12.5. The Morgan fingerprint density at radius 1 is 0.147 bits per heavy atom. The second kappa shape index (κ2) is 20.8. The summed E-state index contributed by atoms with van der Waals surface area (Å²) in [4.78, 5) is 0. The Bertz CT molecular complexity index is 5960. The van der Waals surface area contributed by atoms with Crippen molar-refractivity contribution in [1.29, 1.82) is 0 Å². The maximum Gasteiger partial charge on any atom is 0.0541 e. The van der Waals surface area contributed by atoms with Crippen molar-refractivity contribution in [2.24, 2.45) is 7.05 Å². The van der Waals surface area contributed by atoms with Crippen molar-refractivity contribution in [2.75, 3.05) is 0 Å². The van der Waals surface area contributed by atoms with E-state index in [4.69, 9.17) is 0 Å². The number of hydrogen-bond donors (Lipinski definition) is 0. The fourth-order valence-electron chi connectivity index (χ4n) is 15.7. The average Bonchev–Trinajstić information content (AvgIpc) is 1.62. The van der Waals surface area contributed by atoms with E-state index in [0.29, 0.717) is 0 Å². The zero-order valence-electron chi connectivity index (χ0n) is 52.0. The van der Waals surface area contributed by atoms with E-state index in [2.05, 4.69) is 359 Å². The average molecular weight is 1210 g/mol. The van der Waals surface area contributed by atoms with Gasteiger partial charge in [-0.05, 0) is 222 Å². The molecule has 0 aliphatic heterocycles. The quantitative estimate of drug-likeness (QED) is 0.168. The highest BCUT2D eigenvalue weighted by Gasteiger charge is 2.21. The molecule has 24 bridgehead atoms. The van der Waals surface area contributed by atoms with Crippen LogP contribution in [-0.2, 0) is 7.05 Å². The summed E-state index contributed by atoms with van der Waals surface area (Å²) >= 11 is 0. The highest BCUT2D eigenvalue weighted by molar-refractivity contribution is 6.15. The van der Waals surface area contributed by atoms with Crippen LogP contribution in [0.15, 0.2) is 334 Å². The zero-order valence-corrected chi connectivity index (χ0v) is 52.0. The van der Waals surface area contributed by atoms with Crippen LogP contribution in [0.3, 0.4) is 0 Å². The Morgan fingerprint density at radius 3 is 0.474 bits per heavy atom. The van der Waals surface area contributed by atoms with E-state index in [9.17, 15) is 0 Å². The van der Waals surface area contributed by atoms with E-state index < -0.39 is 0 Å². The van der Waals surface area contributed by atoms with Crippen molar-refractivity contribution < 1.29 is 0 Å². The van der Waals surface area contributed by atoms with Crippen molar-refractivity contribution in [3.05, 3.63) is 334 Å². The predicted molar refractivity (Wildman–Crippen MR) is 400 cm³/mol. The van der Waals surface area contributed by atoms with Crippen molar-refractivity contribution in [3.8, 4) is 106 Å². The molecule has 442 valence electrons. The molecular weight excluding hydrogens is 1150 g/mol. The fourth-order valence-corrected chi connectivity index (χ4v) is 15.7. The third-order valence-electron chi connectivity index (χ3n) is 20.6. The molecule has 0 N–H and O–H groups in total. The molecule has 4 aromatic heterocycles. The van der Waals surface area contributed by atoms with E-state index >= 15 is 0 Å². The lowest BCUT2D eigenvalue weighted by atomic mass is 9.96. The number of benzene rings is 15. The Labute approximate surface area is 548 Å². The van der Waals surface area contributed by atoms with Crippen LogP contribution in [0.2, 0.25) is 0 Å². The third kappa shape index (κ3) is 8.41. The van der Waals surface area contributed by atoms with Crippen molar-refractivity contribution in [2.45, 2.75) is 0 Å². The Balaban J connectivity index is 0.754. The first-order chi connectivity index (χ1) is 47.0. The molecule has 19 aromatic rings. The van der Waals surface area contributed by atoms with Gasteiger partial charge in [0.2, 0.25) is 0 Å². The normalized spacial score (nSPS) is 12.1. The third-order valence-corrected chi connectivity index (χ3v) is 20.6. The van der Waals surface area contributed by atoms with Crippen molar-refractivity contribution in [3.63, 3.8) is 0 Å². The number of aryl methyl sites for hydroxylation is 1. The number of nitrogens with zero attached hydrogens (tertiary/aromatic N) is 4. The highest BCUT2D eigenvalue weighted by Crippen LogP contribution is 2.44. The molecule has 0 radical (unpaired) electrons. The van der Waals surface area contributed by atoms with Crippen LogP contribution in [0.1, 0.15) is 0 Å². The molecule has 0 atom stereocenters. The Morgan fingerprint density at radius 2 is 0.295 bits per heavy atom. The van der Waals surface area contributed by atoms with Crippen LogP contribution < -0.4 is 0 Å². The lowest BCUT2D eigenvalue weighted by Gasteiger charge is -2.10. The van der Waals surface area contributed by atoms with Gasteiger partial charge in [-0.1, -0.05) is 200 Å². The van der Waals surface area contributed by atoms with E-state index in [1.165, 1.54) is 176 Å². The zero-order chi connectivity index (χ0) is 62.4. The monoisotopic (exact) mass is 1210 g/mol. The number of hydrogen-bond acceptors (Lipinski definition) is 0. The highest BCUT2D eigenvalue weighted by atomic mass is 15.0. The standard InChI is InChI=1S/C91H58N4/c1-92-84-41-33-65-49-76(84)77-50-66(34-42-85(77)92)58-19-23-60(24-20-58)68-36-44-87-79(52-68)81-54-70(38-46-89(81)94(87)74-13-7-3-8-14-74)62-27-31-64(32-28-62)72-40-48-91-83(56-72)82-55-71(39-47-90(82)95(91)75-15-9-4-10-16-75)63-29-25-61(26-30-63)69-37-45-88-80(53-69)78-51-67(59-21-17-57(65)18-22-59)35-43-86(78)93(88)73-11-5-2-6-12-73/h2-56H,1H3. The van der Waals surface area contributed by atoms with Gasteiger partial charge in [0.25, 0.3) is 0 Å². The van der Waals surface area contributed by atoms with Gasteiger partial charge in [0.15, 0.2) is 0 Å². The van der Waals surface area contributed by atoms with Crippen molar-refractivity contribution in [1.82, 2.24) is 18.3 Å². The molecule has 7 aliphatic carbocycles. The minimum atomic E-state index is 1.14. The van der Waals surface area contributed by atoms with Crippen LogP contribution >= 0.6 is 0 Å². The van der Waals surface area contributed by atoms with Gasteiger partial charge in [-0.25, -0.2) is 0 Å². The number of rotatable bonds is 3. The second-order valence-corrected chi connectivity index (χ2v) is 25.7. The molecule has 0 amide bonds. The van der Waals surface area contributed by atoms with Gasteiger partial charge in [-0.3, -0.25) is 0 Å². The molecule has 0 saturated heterocycles. The second-order valence-electron chi connectivity index (χ2n) is 25.7. The maximum absolute atomic E-state index is 2.41. The van der Waals surface area contributed by atoms with Gasteiger partial charge in [-0.2, -0.15) is 0 Å². The molecule has 0 spiro atoms. The lowest BCUT2D eigenvalue weighted by Crippen LogP contribution is -1.93. The summed E-state index contributed by atoms with van der Waals surface area (Å²) in [5.74, 6) is 0. The SMILES string of the molecule is Cn1c2ccc3cc2c2cc(ccc21)-c1ccc(cc1)-c1ccc2c(c1)c1cc(ccc1n2-c1ccccc1)-c1ccc(cc1)-c1ccc2c(c1)c1cc(ccc1n2-c1ccccc1)-c1ccc(cc1)-c1ccc2c(c1)c1cc(ccc1n2-c1ccccc1)-c1ccc-3cc1. The van der Waals surface area contributed by atoms with Gasteiger partial charge < -0.3 is 18.3 Å². The fraction of sp³-hybridized carbons (Fsp3) is 0.0110.